The molecule has 0 aromatic rings. The lowest BCUT2D eigenvalue weighted by molar-refractivity contribution is -0.151. The summed E-state index contributed by atoms with van der Waals surface area (Å²) in [7, 11) is 0. The number of carbonyl (C=O) groups excluding carboxylic acids is 1. The highest BCUT2D eigenvalue weighted by atomic mass is 16.4. The molecular weight excluding hydrogens is 242 g/mol. The van der Waals surface area contributed by atoms with Crippen molar-refractivity contribution in [1.29, 1.82) is 0 Å². The Bertz CT molecular complexity index is 423. The molecule has 1 saturated heterocycles. The molecule has 19 heavy (non-hydrogen) atoms. The van der Waals surface area contributed by atoms with Gasteiger partial charge >= 0.3 is 5.97 Å². The number of rotatable bonds is 2. The number of carbonyl (C=O) groups is 2. The highest BCUT2D eigenvalue weighted by Gasteiger charge is 2.52. The Kier molecular flexibility index (Phi) is 3.11. The van der Waals surface area contributed by atoms with E-state index in [1.165, 1.54) is 0 Å². The number of piperidine rings is 1. The van der Waals surface area contributed by atoms with Crippen molar-refractivity contribution in [3.63, 3.8) is 0 Å². The van der Waals surface area contributed by atoms with Crippen LogP contribution in [0.5, 0.6) is 0 Å². The lowest BCUT2D eigenvalue weighted by atomic mass is 9.81. The molecule has 1 aliphatic heterocycles. The Labute approximate surface area is 113 Å². The molecular formula is C15H21NO3. The average molecular weight is 263 g/mol. The van der Waals surface area contributed by atoms with Gasteiger partial charge in [-0.05, 0) is 37.0 Å². The van der Waals surface area contributed by atoms with Gasteiger partial charge in [-0.3, -0.25) is 9.59 Å². The van der Waals surface area contributed by atoms with Gasteiger partial charge in [-0.15, -0.1) is 0 Å². The molecule has 1 N–H and O–H groups in total. The van der Waals surface area contributed by atoms with E-state index in [4.69, 9.17) is 0 Å². The van der Waals surface area contributed by atoms with Crippen LogP contribution in [0.25, 0.3) is 0 Å². The number of hydrogen-bond donors (Lipinski definition) is 1. The molecule has 0 aromatic heterocycles. The van der Waals surface area contributed by atoms with Crippen molar-refractivity contribution >= 4 is 11.9 Å². The number of carboxylic acids is 1. The van der Waals surface area contributed by atoms with Crippen LogP contribution in [0.1, 0.15) is 26.2 Å². The maximum Gasteiger partial charge on any atom is 0.307 e. The van der Waals surface area contributed by atoms with Crippen LogP contribution in [0, 0.1) is 29.6 Å². The first kappa shape index (κ1) is 12.7. The van der Waals surface area contributed by atoms with Gasteiger partial charge in [0.1, 0.15) is 0 Å². The van der Waals surface area contributed by atoms with Crippen molar-refractivity contribution < 1.29 is 14.7 Å². The van der Waals surface area contributed by atoms with Crippen LogP contribution in [0.3, 0.4) is 0 Å². The number of amides is 1. The lowest BCUT2D eigenvalue weighted by Crippen LogP contribution is -2.45. The number of fused-ring (bicyclic) bond motifs is 2. The number of likely N-dealkylation sites (tertiary alicyclic amines) is 1. The Morgan fingerprint density at radius 3 is 2.26 bits per heavy atom. The smallest absolute Gasteiger partial charge is 0.307 e. The molecule has 0 spiro atoms. The van der Waals surface area contributed by atoms with Crippen LogP contribution in [-0.4, -0.2) is 35.0 Å². The molecule has 2 unspecified atom stereocenters. The molecule has 0 radical (unpaired) electrons. The van der Waals surface area contributed by atoms with Gasteiger partial charge in [-0.1, -0.05) is 19.1 Å². The highest BCUT2D eigenvalue weighted by molar-refractivity contribution is 5.87. The SMILES string of the molecule is CC1CCN(C(=O)C2C(C(=O)O)[C@@H]3C=C[C@H]2C3)CC1. The molecule has 4 nitrogen and oxygen atoms in total. The minimum Gasteiger partial charge on any atom is -0.481 e. The van der Waals surface area contributed by atoms with Crippen molar-refractivity contribution in [2.45, 2.75) is 26.2 Å². The fraction of sp³-hybridized carbons (Fsp3) is 0.733. The second-order valence-corrected chi connectivity index (χ2v) is 6.35. The number of hydrogen-bond acceptors (Lipinski definition) is 2. The summed E-state index contributed by atoms with van der Waals surface area (Å²) in [5.74, 6) is -0.642. The van der Waals surface area contributed by atoms with Gasteiger partial charge in [0.25, 0.3) is 0 Å². The van der Waals surface area contributed by atoms with E-state index in [0.29, 0.717) is 5.92 Å². The van der Waals surface area contributed by atoms with Crippen molar-refractivity contribution in [1.82, 2.24) is 4.90 Å². The van der Waals surface area contributed by atoms with E-state index >= 15 is 0 Å². The van der Waals surface area contributed by atoms with E-state index in [-0.39, 0.29) is 23.7 Å². The van der Waals surface area contributed by atoms with Gasteiger partial charge in [0.05, 0.1) is 11.8 Å². The number of allylic oxidation sites excluding steroid dienone is 2. The first-order chi connectivity index (χ1) is 9.08. The molecule has 3 rings (SSSR count). The molecule has 1 heterocycles. The summed E-state index contributed by atoms with van der Waals surface area (Å²) in [6.07, 6.45) is 6.97. The maximum absolute atomic E-state index is 12.6. The fourth-order valence-electron chi connectivity index (χ4n) is 3.94. The summed E-state index contributed by atoms with van der Waals surface area (Å²) < 4.78 is 0. The third kappa shape index (κ3) is 2.07. The average Bonchev–Trinajstić information content (AvgIpc) is 2.98. The summed E-state index contributed by atoms with van der Waals surface area (Å²) in [6.45, 7) is 3.80. The molecule has 2 fully saturated rings. The standard InChI is InChI=1S/C15H21NO3/c1-9-4-6-16(7-5-9)14(17)12-10-2-3-11(8-10)13(12)15(18)19/h2-3,9-13H,4-8H2,1H3,(H,18,19)/t10-,11+,12?,13?/m0/s1. The second-order valence-electron chi connectivity index (χ2n) is 6.35. The third-order valence-corrected chi connectivity index (χ3v) is 5.12. The summed E-state index contributed by atoms with van der Waals surface area (Å²) >= 11 is 0. The molecule has 4 heteroatoms. The first-order valence-electron chi connectivity index (χ1n) is 7.28. The molecule has 3 aliphatic rings. The minimum atomic E-state index is -0.805. The van der Waals surface area contributed by atoms with Crippen molar-refractivity contribution in [3.8, 4) is 0 Å². The van der Waals surface area contributed by atoms with Gasteiger partial charge in [0.2, 0.25) is 5.91 Å². The number of nitrogens with zero attached hydrogens (tertiary/aromatic N) is 1. The van der Waals surface area contributed by atoms with Gasteiger partial charge < -0.3 is 10.0 Å². The molecule has 0 aromatic carbocycles. The van der Waals surface area contributed by atoms with Gasteiger partial charge in [0, 0.05) is 13.1 Å². The first-order valence-corrected chi connectivity index (χ1v) is 7.28. The summed E-state index contributed by atoms with van der Waals surface area (Å²) in [4.78, 5) is 26.0. The zero-order valence-electron chi connectivity index (χ0n) is 11.3. The zero-order chi connectivity index (χ0) is 13.6. The van der Waals surface area contributed by atoms with E-state index in [2.05, 4.69) is 13.0 Å². The van der Waals surface area contributed by atoms with Gasteiger partial charge in [-0.2, -0.15) is 0 Å². The normalized spacial score (nSPS) is 37.8. The summed E-state index contributed by atoms with van der Waals surface area (Å²) in [5.41, 5.74) is 0. The molecule has 2 aliphatic carbocycles. The van der Waals surface area contributed by atoms with Gasteiger partial charge in [-0.25, -0.2) is 0 Å². The van der Waals surface area contributed by atoms with E-state index in [1.54, 1.807) is 0 Å². The molecule has 1 saturated carbocycles. The lowest BCUT2D eigenvalue weighted by Gasteiger charge is -2.35. The largest absolute Gasteiger partial charge is 0.481 e. The van der Waals surface area contributed by atoms with Crippen LogP contribution in [-0.2, 0) is 9.59 Å². The summed E-state index contributed by atoms with van der Waals surface area (Å²) in [6, 6.07) is 0. The molecule has 4 atom stereocenters. The van der Waals surface area contributed by atoms with Crippen LogP contribution in [0.15, 0.2) is 12.2 Å². The topological polar surface area (TPSA) is 57.6 Å². The van der Waals surface area contributed by atoms with E-state index in [0.717, 1.165) is 32.4 Å². The van der Waals surface area contributed by atoms with E-state index < -0.39 is 11.9 Å². The Morgan fingerprint density at radius 2 is 1.68 bits per heavy atom. The van der Waals surface area contributed by atoms with Crippen molar-refractivity contribution in [2.75, 3.05) is 13.1 Å². The predicted octanol–water partition coefficient (Wildman–Crippen LogP) is 1.77. The van der Waals surface area contributed by atoms with Crippen molar-refractivity contribution in [3.05, 3.63) is 12.2 Å². The number of carboxylic acid groups (broad SMARTS) is 1. The Balaban J connectivity index is 1.75. The summed E-state index contributed by atoms with van der Waals surface area (Å²) in [5, 5.41) is 9.39. The molecule has 2 bridgehead atoms. The van der Waals surface area contributed by atoms with Crippen LogP contribution >= 0.6 is 0 Å². The molecule has 104 valence electrons. The monoisotopic (exact) mass is 263 g/mol. The Hall–Kier alpha value is -1.32. The predicted molar refractivity (Wildman–Crippen MR) is 70.3 cm³/mol. The van der Waals surface area contributed by atoms with Gasteiger partial charge in [0.15, 0.2) is 0 Å². The van der Waals surface area contributed by atoms with E-state index in [1.807, 2.05) is 11.0 Å². The maximum atomic E-state index is 12.6. The van der Waals surface area contributed by atoms with Crippen LogP contribution in [0.4, 0.5) is 0 Å². The van der Waals surface area contributed by atoms with E-state index in [9.17, 15) is 14.7 Å². The van der Waals surface area contributed by atoms with Crippen molar-refractivity contribution in [2.24, 2.45) is 29.6 Å². The minimum absolute atomic E-state index is 0.0696. The zero-order valence-corrected chi connectivity index (χ0v) is 11.3. The highest BCUT2D eigenvalue weighted by Crippen LogP contribution is 2.49. The quantitative estimate of drug-likeness (QED) is 0.772. The Morgan fingerprint density at radius 1 is 1.11 bits per heavy atom. The second kappa shape index (κ2) is 4.66. The fourth-order valence-corrected chi connectivity index (χ4v) is 3.94. The van der Waals surface area contributed by atoms with Crippen LogP contribution < -0.4 is 0 Å². The number of aliphatic carboxylic acids is 1. The van der Waals surface area contributed by atoms with Crippen LogP contribution in [0.2, 0.25) is 0 Å². The molecule has 1 amide bonds. The third-order valence-electron chi connectivity index (χ3n) is 5.12.